The summed E-state index contributed by atoms with van der Waals surface area (Å²) < 4.78 is 0.821. The molecule has 0 fully saturated rings. The van der Waals surface area contributed by atoms with E-state index in [9.17, 15) is 0 Å². The molecule has 0 unspecified atom stereocenters. The first-order chi connectivity index (χ1) is 9.06. The molecule has 1 aromatic heterocycles. The maximum atomic E-state index is 6.05. The third-order valence-corrected chi connectivity index (χ3v) is 3.56. The minimum atomic E-state index is 0.392. The first-order valence-corrected chi connectivity index (χ1v) is 7.15. The van der Waals surface area contributed by atoms with E-state index in [0.717, 1.165) is 4.47 Å². The van der Waals surface area contributed by atoms with Gasteiger partial charge in [-0.3, -0.25) is 0 Å². The second-order valence-corrected chi connectivity index (χ2v) is 5.64. The highest BCUT2D eigenvalue weighted by Crippen LogP contribution is 2.26. The molecule has 0 aliphatic heterocycles. The van der Waals surface area contributed by atoms with E-state index in [-0.39, 0.29) is 0 Å². The minimum absolute atomic E-state index is 0.392. The van der Waals surface area contributed by atoms with Gasteiger partial charge in [-0.05, 0) is 58.5 Å². The van der Waals surface area contributed by atoms with Crippen LogP contribution in [0.25, 0.3) is 0 Å². The van der Waals surface area contributed by atoms with E-state index in [1.54, 1.807) is 24.4 Å². The Balaban J connectivity index is 2.08. The van der Waals surface area contributed by atoms with Crippen LogP contribution in [0.3, 0.4) is 0 Å². The van der Waals surface area contributed by atoms with Crippen molar-refractivity contribution in [3.8, 4) is 0 Å². The van der Waals surface area contributed by atoms with E-state index in [1.807, 2.05) is 12.1 Å². The molecular weight excluding hydrogens is 369 g/mol. The number of nitrogens with one attached hydrogen (secondary N) is 2. The highest BCUT2D eigenvalue weighted by atomic mass is 79.9. The van der Waals surface area contributed by atoms with E-state index in [2.05, 4.69) is 31.5 Å². The maximum Gasteiger partial charge on any atom is 0.176 e. The van der Waals surface area contributed by atoms with Crippen LogP contribution in [0.5, 0.6) is 0 Å². The summed E-state index contributed by atoms with van der Waals surface area (Å²) in [5, 5.41) is 7.41. The summed E-state index contributed by atoms with van der Waals surface area (Å²) in [4.78, 5) is 4.16. The van der Waals surface area contributed by atoms with Crippen molar-refractivity contribution in [2.75, 3.05) is 10.6 Å². The predicted molar refractivity (Wildman–Crippen MR) is 88.2 cm³/mol. The summed E-state index contributed by atoms with van der Waals surface area (Å²) in [6.07, 6.45) is 1.67. The van der Waals surface area contributed by atoms with Gasteiger partial charge in [0.2, 0.25) is 0 Å². The van der Waals surface area contributed by atoms with Crippen molar-refractivity contribution in [3.63, 3.8) is 0 Å². The zero-order valence-electron chi connectivity index (χ0n) is 9.45. The second-order valence-electron chi connectivity index (χ2n) is 3.54. The van der Waals surface area contributed by atoms with Crippen molar-refractivity contribution in [1.82, 2.24) is 4.98 Å². The quantitative estimate of drug-likeness (QED) is 0.726. The van der Waals surface area contributed by atoms with Crippen molar-refractivity contribution in [3.05, 3.63) is 51.0 Å². The van der Waals surface area contributed by atoms with Gasteiger partial charge in [-0.25, -0.2) is 4.98 Å². The Morgan fingerprint density at radius 3 is 2.68 bits per heavy atom. The first-order valence-electron chi connectivity index (χ1n) is 5.20. The number of rotatable bonds is 2. The minimum Gasteiger partial charge on any atom is -0.331 e. The standard InChI is InChI=1S/C12H8BrCl2N3S/c13-8-2-1-5-16-11(8)18-12(19)17-10-4-3-7(14)6-9(10)15/h1-6H,(H2,16,17,18,19). The van der Waals surface area contributed by atoms with Gasteiger partial charge in [0.1, 0.15) is 5.82 Å². The Hall–Kier alpha value is -0.880. The molecule has 0 saturated carbocycles. The van der Waals surface area contributed by atoms with E-state index in [4.69, 9.17) is 35.4 Å². The molecule has 0 aliphatic rings. The zero-order chi connectivity index (χ0) is 13.8. The molecule has 3 nitrogen and oxygen atoms in total. The van der Waals surface area contributed by atoms with Crippen LogP contribution in [0.4, 0.5) is 11.5 Å². The van der Waals surface area contributed by atoms with Crippen LogP contribution in [0.15, 0.2) is 41.0 Å². The van der Waals surface area contributed by atoms with Crippen LogP contribution in [-0.2, 0) is 0 Å². The van der Waals surface area contributed by atoms with Crippen LogP contribution in [0, 0.1) is 0 Å². The van der Waals surface area contributed by atoms with Gasteiger partial charge >= 0.3 is 0 Å². The molecule has 0 spiro atoms. The molecule has 2 aromatic rings. The lowest BCUT2D eigenvalue weighted by Crippen LogP contribution is -2.20. The number of nitrogens with zero attached hydrogens (tertiary/aromatic N) is 1. The van der Waals surface area contributed by atoms with Crippen LogP contribution in [-0.4, -0.2) is 10.1 Å². The molecule has 0 bridgehead atoms. The number of hydrogen-bond acceptors (Lipinski definition) is 2. The Kier molecular flexibility index (Phi) is 4.99. The molecular formula is C12H8BrCl2N3S. The molecule has 1 heterocycles. The summed E-state index contributed by atoms with van der Waals surface area (Å²) in [5.41, 5.74) is 0.677. The summed E-state index contributed by atoms with van der Waals surface area (Å²) in [6.45, 7) is 0. The largest absolute Gasteiger partial charge is 0.331 e. The van der Waals surface area contributed by atoms with E-state index in [1.165, 1.54) is 0 Å². The molecule has 2 rings (SSSR count). The number of benzene rings is 1. The molecule has 1 aromatic carbocycles. The van der Waals surface area contributed by atoms with Gasteiger partial charge in [-0.15, -0.1) is 0 Å². The molecule has 19 heavy (non-hydrogen) atoms. The number of hydrogen-bond donors (Lipinski definition) is 2. The normalized spacial score (nSPS) is 10.1. The lowest BCUT2D eigenvalue weighted by Gasteiger charge is -2.12. The van der Waals surface area contributed by atoms with Gasteiger partial charge in [0.05, 0.1) is 15.2 Å². The number of pyridine rings is 1. The molecule has 0 saturated heterocycles. The summed E-state index contributed by atoms with van der Waals surface area (Å²) in [5.74, 6) is 0.630. The SMILES string of the molecule is S=C(Nc1ccc(Cl)cc1Cl)Nc1ncccc1Br. The number of aromatic nitrogens is 1. The highest BCUT2D eigenvalue weighted by Gasteiger charge is 2.06. The monoisotopic (exact) mass is 375 g/mol. The zero-order valence-corrected chi connectivity index (χ0v) is 13.4. The fraction of sp³-hybridized carbons (Fsp3) is 0. The van der Waals surface area contributed by atoms with Gasteiger partial charge in [0.15, 0.2) is 5.11 Å². The van der Waals surface area contributed by atoms with Gasteiger partial charge in [-0.2, -0.15) is 0 Å². The fourth-order valence-electron chi connectivity index (χ4n) is 1.33. The van der Waals surface area contributed by atoms with E-state index >= 15 is 0 Å². The summed E-state index contributed by atoms with van der Waals surface area (Å²) >= 11 is 20.4. The van der Waals surface area contributed by atoms with Crippen LogP contribution in [0.2, 0.25) is 10.0 Å². The molecule has 0 aliphatic carbocycles. The van der Waals surface area contributed by atoms with Crippen LogP contribution < -0.4 is 10.6 Å². The Morgan fingerprint density at radius 1 is 1.21 bits per heavy atom. The van der Waals surface area contributed by atoms with Gasteiger partial charge in [0.25, 0.3) is 0 Å². The smallest absolute Gasteiger partial charge is 0.176 e. The molecule has 98 valence electrons. The van der Waals surface area contributed by atoms with Crippen molar-refractivity contribution < 1.29 is 0 Å². The van der Waals surface area contributed by atoms with Gasteiger partial charge in [0, 0.05) is 11.2 Å². The highest BCUT2D eigenvalue weighted by molar-refractivity contribution is 9.10. The van der Waals surface area contributed by atoms with Crippen LogP contribution in [0.1, 0.15) is 0 Å². The van der Waals surface area contributed by atoms with Crippen molar-refractivity contribution >= 4 is 68.0 Å². The fourth-order valence-corrected chi connectivity index (χ4v) is 2.35. The number of thiocarbonyl (C=S) groups is 1. The lowest BCUT2D eigenvalue weighted by atomic mass is 10.3. The second kappa shape index (κ2) is 6.52. The summed E-state index contributed by atoms with van der Waals surface area (Å²) in [7, 11) is 0. The van der Waals surface area contributed by atoms with E-state index in [0.29, 0.717) is 26.7 Å². The third-order valence-electron chi connectivity index (χ3n) is 2.17. The van der Waals surface area contributed by atoms with Crippen molar-refractivity contribution in [2.45, 2.75) is 0 Å². The topological polar surface area (TPSA) is 37.0 Å². The Bertz CT molecular complexity index is 622. The third kappa shape index (κ3) is 4.04. The first kappa shape index (κ1) is 14.5. The molecule has 7 heteroatoms. The van der Waals surface area contributed by atoms with Crippen molar-refractivity contribution in [1.29, 1.82) is 0 Å². The van der Waals surface area contributed by atoms with Gasteiger partial charge < -0.3 is 10.6 Å². The average Bonchev–Trinajstić information content (AvgIpc) is 2.36. The van der Waals surface area contributed by atoms with Crippen LogP contribution >= 0.6 is 51.3 Å². The molecule has 2 N–H and O–H groups in total. The molecule has 0 radical (unpaired) electrons. The molecule has 0 amide bonds. The van der Waals surface area contributed by atoms with Gasteiger partial charge in [-0.1, -0.05) is 23.2 Å². The summed E-state index contributed by atoms with van der Waals surface area (Å²) in [6, 6.07) is 8.82. The average molecular weight is 377 g/mol. The maximum absolute atomic E-state index is 6.05. The molecule has 0 atom stereocenters. The lowest BCUT2D eigenvalue weighted by molar-refractivity contribution is 1.31. The number of halogens is 3. The predicted octanol–water partition coefficient (Wildman–Crippen LogP) is 4.96. The van der Waals surface area contributed by atoms with Crippen molar-refractivity contribution in [2.24, 2.45) is 0 Å². The Morgan fingerprint density at radius 2 is 2.00 bits per heavy atom. The van der Waals surface area contributed by atoms with E-state index < -0.39 is 0 Å². The Labute approximate surface area is 134 Å². The number of anilines is 2.